The standard InChI is InChI=1S/C22H22F3N5O/c1-12(2)11-26-22(28-21(31)15-6-7-16(23)18(25)9-15)27-20-10-19(29-30-20)14-5-4-13(3)17(24)8-14/h4-10,12H,11H2,1-3H3,(H3,26,27,28,29,30,31). The number of nitrogens with zero attached hydrogens (tertiary/aromatic N) is 2. The lowest BCUT2D eigenvalue weighted by molar-refractivity contribution is 0.100. The topological polar surface area (TPSA) is 82.2 Å². The molecule has 0 bridgehead atoms. The molecule has 0 radical (unpaired) electrons. The van der Waals surface area contributed by atoms with Gasteiger partial charge in [-0.25, -0.2) is 13.2 Å². The predicted octanol–water partition coefficient (Wildman–Crippen LogP) is 4.66. The van der Waals surface area contributed by atoms with Crippen molar-refractivity contribution < 1.29 is 18.0 Å². The summed E-state index contributed by atoms with van der Waals surface area (Å²) in [4.78, 5) is 16.4. The third-order valence-electron chi connectivity index (χ3n) is 4.36. The first-order chi connectivity index (χ1) is 14.7. The molecule has 1 heterocycles. The van der Waals surface area contributed by atoms with Crippen LogP contribution >= 0.6 is 0 Å². The van der Waals surface area contributed by atoms with E-state index < -0.39 is 17.5 Å². The maximum absolute atomic E-state index is 13.8. The van der Waals surface area contributed by atoms with E-state index in [-0.39, 0.29) is 23.3 Å². The molecule has 0 atom stereocenters. The Kier molecular flexibility index (Phi) is 6.74. The van der Waals surface area contributed by atoms with Crippen molar-refractivity contribution in [3.8, 4) is 11.3 Å². The highest BCUT2D eigenvalue weighted by Crippen LogP contribution is 2.22. The van der Waals surface area contributed by atoms with Gasteiger partial charge in [-0.05, 0) is 42.7 Å². The van der Waals surface area contributed by atoms with Crippen LogP contribution in [0.25, 0.3) is 11.3 Å². The third kappa shape index (κ3) is 5.71. The molecule has 1 aromatic heterocycles. The van der Waals surface area contributed by atoms with Gasteiger partial charge in [0.05, 0.1) is 5.69 Å². The van der Waals surface area contributed by atoms with Crippen molar-refractivity contribution >= 4 is 17.7 Å². The summed E-state index contributed by atoms with van der Waals surface area (Å²) in [5.41, 5.74) is 1.51. The number of amides is 1. The number of halogens is 3. The van der Waals surface area contributed by atoms with Crippen LogP contribution in [0.1, 0.15) is 29.8 Å². The summed E-state index contributed by atoms with van der Waals surface area (Å²) in [6, 6.07) is 9.24. The molecule has 3 aromatic rings. The fourth-order valence-corrected chi connectivity index (χ4v) is 2.62. The second-order valence-corrected chi connectivity index (χ2v) is 7.43. The SMILES string of the molecule is Cc1ccc(-c2cc(N/C(=N\C(=O)c3ccc(F)c(F)c3)NCC(C)C)[nH]n2)cc1F. The van der Waals surface area contributed by atoms with Gasteiger partial charge in [-0.15, -0.1) is 0 Å². The van der Waals surface area contributed by atoms with E-state index in [1.165, 1.54) is 6.07 Å². The number of aromatic nitrogens is 2. The number of aromatic amines is 1. The molecule has 6 nitrogen and oxygen atoms in total. The van der Waals surface area contributed by atoms with Crippen LogP contribution < -0.4 is 10.6 Å². The fourth-order valence-electron chi connectivity index (χ4n) is 2.62. The molecule has 0 saturated carbocycles. The van der Waals surface area contributed by atoms with Gasteiger partial charge in [-0.1, -0.05) is 26.0 Å². The summed E-state index contributed by atoms with van der Waals surface area (Å²) >= 11 is 0. The molecule has 0 saturated heterocycles. The largest absolute Gasteiger partial charge is 0.355 e. The van der Waals surface area contributed by atoms with Crippen LogP contribution in [-0.4, -0.2) is 28.6 Å². The maximum atomic E-state index is 13.8. The van der Waals surface area contributed by atoms with Gasteiger partial charge >= 0.3 is 0 Å². The summed E-state index contributed by atoms with van der Waals surface area (Å²) in [5, 5.41) is 12.8. The highest BCUT2D eigenvalue weighted by atomic mass is 19.2. The molecule has 0 spiro atoms. The van der Waals surface area contributed by atoms with Crippen LogP contribution in [-0.2, 0) is 0 Å². The first-order valence-corrected chi connectivity index (χ1v) is 9.64. The number of guanidine groups is 1. The molecule has 3 rings (SSSR count). The number of carbonyl (C=O) groups excluding carboxylic acids is 1. The number of aryl methyl sites for hydroxylation is 1. The van der Waals surface area contributed by atoms with E-state index in [2.05, 4.69) is 25.8 Å². The summed E-state index contributed by atoms with van der Waals surface area (Å²) in [6.45, 7) is 6.12. The second-order valence-electron chi connectivity index (χ2n) is 7.43. The maximum Gasteiger partial charge on any atom is 0.280 e. The van der Waals surface area contributed by atoms with Crippen molar-refractivity contribution in [3.05, 3.63) is 71.0 Å². The molecule has 0 fully saturated rings. The minimum absolute atomic E-state index is 0.0926. The van der Waals surface area contributed by atoms with Crippen LogP contribution in [0.5, 0.6) is 0 Å². The highest BCUT2D eigenvalue weighted by Gasteiger charge is 2.13. The Bertz CT molecular complexity index is 1120. The van der Waals surface area contributed by atoms with E-state index in [1.54, 1.807) is 25.1 Å². The molecule has 2 aromatic carbocycles. The molecular weight excluding hydrogens is 407 g/mol. The van der Waals surface area contributed by atoms with Crippen molar-refractivity contribution in [2.75, 3.05) is 11.9 Å². The Labute approximate surface area is 177 Å². The molecule has 1 amide bonds. The zero-order valence-corrected chi connectivity index (χ0v) is 17.3. The average Bonchev–Trinajstić information content (AvgIpc) is 3.18. The first-order valence-electron chi connectivity index (χ1n) is 9.64. The molecular formula is C22H22F3N5O. The van der Waals surface area contributed by atoms with Crippen molar-refractivity contribution in [2.24, 2.45) is 10.9 Å². The Morgan fingerprint density at radius 3 is 2.52 bits per heavy atom. The molecule has 3 N–H and O–H groups in total. The summed E-state index contributed by atoms with van der Waals surface area (Å²) in [7, 11) is 0. The second kappa shape index (κ2) is 9.46. The van der Waals surface area contributed by atoms with Crippen LogP contribution in [0.4, 0.5) is 19.0 Å². The van der Waals surface area contributed by atoms with Crippen molar-refractivity contribution in [2.45, 2.75) is 20.8 Å². The zero-order chi connectivity index (χ0) is 22.5. The van der Waals surface area contributed by atoms with Crippen LogP contribution in [0, 0.1) is 30.3 Å². The number of nitrogens with one attached hydrogen (secondary N) is 3. The Morgan fingerprint density at radius 1 is 1.06 bits per heavy atom. The van der Waals surface area contributed by atoms with Gasteiger partial charge in [0.1, 0.15) is 11.6 Å². The van der Waals surface area contributed by atoms with Crippen molar-refractivity contribution in [1.82, 2.24) is 15.5 Å². The van der Waals surface area contributed by atoms with Crippen molar-refractivity contribution in [3.63, 3.8) is 0 Å². The summed E-state index contributed by atoms with van der Waals surface area (Å²) < 4.78 is 40.4. The molecule has 0 unspecified atom stereocenters. The number of carbonyl (C=O) groups is 1. The third-order valence-corrected chi connectivity index (χ3v) is 4.36. The van der Waals surface area contributed by atoms with Gasteiger partial charge in [0, 0.05) is 23.7 Å². The summed E-state index contributed by atoms with van der Waals surface area (Å²) in [6.07, 6.45) is 0. The number of hydrogen-bond acceptors (Lipinski definition) is 2. The number of hydrogen-bond donors (Lipinski definition) is 3. The normalized spacial score (nSPS) is 11.6. The first kappa shape index (κ1) is 22.1. The van der Waals surface area contributed by atoms with Crippen LogP contribution in [0.3, 0.4) is 0 Å². The lowest BCUT2D eigenvalue weighted by atomic mass is 10.1. The van der Waals surface area contributed by atoms with E-state index >= 15 is 0 Å². The van der Waals surface area contributed by atoms with Gasteiger partial charge in [0.15, 0.2) is 11.6 Å². The van der Waals surface area contributed by atoms with E-state index in [1.807, 2.05) is 13.8 Å². The zero-order valence-electron chi connectivity index (χ0n) is 17.3. The van der Waals surface area contributed by atoms with Gasteiger partial charge in [-0.3, -0.25) is 9.89 Å². The van der Waals surface area contributed by atoms with E-state index in [0.717, 1.165) is 18.2 Å². The molecule has 0 aliphatic rings. The molecule has 162 valence electrons. The number of H-pyrrole nitrogens is 1. The minimum Gasteiger partial charge on any atom is -0.355 e. The highest BCUT2D eigenvalue weighted by molar-refractivity contribution is 6.06. The van der Waals surface area contributed by atoms with E-state index in [9.17, 15) is 18.0 Å². The molecule has 31 heavy (non-hydrogen) atoms. The Morgan fingerprint density at radius 2 is 1.84 bits per heavy atom. The van der Waals surface area contributed by atoms with Gasteiger partial charge in [0.2, 0.25) is 5.96 Å². The lowest BCUT2D eigenvalue weighted by Gasteiger charge is -2.12. The number of rotatable bonds is 5. The lowest BCUT2D eigenvalue weighted by Crippen LogP contribution is -2.34. The number of aliphatic imine (C=N–C) groups is 1. The Hall–Kier alpha value is -3.62. The van der Waals surface area contributed by atoms with Crippen molar-refractivity contribution in [1.29, 1.82) is 0 Å². The smallest absolute Gasteiger partial charge is 0.280 e. The van der Waals surface area contributed by atoms with E-state index in [0.29, 0.717) is 29.2 Å². The number of benzene rings is 2. The quantitative estimate of drug-likeness (QED) is 0.407. The molecule has 9 heteroatoms. The van der Waals surface area contributed by atoms with Gasteiger partial charge in [-0.2, -0.15) is 10.1 Å². The van der Waals surface area contributed by atoms with Gasteiger partial charge in [0.25, 0.3) is 5.91 Å². The molecule has 0 aliphatic carbocycles. The van der Waals surface area contributed by atoms with Crippen LogP contribution in [0.15, 0.2) is 47.5 Å². The average molecular weight is 429 g/mol. The van der Waals surface area contributed by atoms with Gasteiger partial charge < -0.3 is 10.6 Å². The molecule has 0 aliphatic heterocycles. The fraction of sp³-hybridized carbons (Fsp3) is 0.227. The van der Waals surface area contributed by atoms with Crippen LogP contribution in [0.2, 0.25) is 0 Å². The summed E-state index contributed by atoms with van der Waals surface area (Å²) in [5.74, 6) is -2.51. The monoisotopic (exact) mass is 429 g/mol. The predicted molar refractivity (Wildman–Crippen MR) is 113 cm³/mol. The minimum atomic E-state index is -1.13. The Balaban J connectivity index is 1.83. The number of anilines is 1. The van der Waals surface area contributed by atoms with E-state index in [4.69, 9.17) is 0 Å².